The third-order valence-electron chi connectivity index (χ3n) is 2.98. The molecule has 0 aliphatic heterocycles. The highest BCUT2D eigenvalue weighted by molar-refractivity contribution is 7.99. The number of nitrogens with one attached hydrogen (secondary N) is 1. The van der Waals surface area contributed by atoms with Gasteiger partial charge in [0.15, 0.2) is 5.16 Å². The Balaban J connectivity index is 2.39. The number of rotatable bonds is 7. The van der Waals surface area contributed by atoms with Gasteiger partial charge in [-0.1, -0.05) is 54.2 Å². The fraction of sp³-hybridized carbons (Fsp3) is 0.176. The van der Waals surface area contributed by atoms with E-state index in [1.165, 1.54) is 11.8 Å². The van der Waals surface area contributed by atoms with Crippen LogP contribution >= 0.6 is 11.8 Å². The highest BCUT2D eigenvalue weighted by Crippen LogP contribution is 2.16. The van der Waals surface area contributed by atoms with Crippen molar-refractivity contribution in [2.24, 2.45) is 0 Å². The molecule has 1 aromatic carbocycles. The zero-order chi connectivity index (χ0) is 15.1. The van der Waals surface area contributed by atoms with Gasteiger partial charge in [0.05, 0.1) is 5.69 Å². The summed E-state index contributed by atoms with van der Waals surface area (Å²) in [6.45, 7) is 7.40. The summed E-state index contributed by atoms with van der Waals surface area (Å²) in [7, 11) is 0. The van der Waals surface area contributed by atoms with E-state index in [0.29, 0.717) is 29.3 Å². The Kier molecular flexibility index (Phi) is 5.58. The standard InChI is InChI=1S/C17H18N2OS/c1-3-8-14-15(12-13-9-6-5-7-10-13)18-17(19-16(14)20)21-11-4-2/h3-7,9-10H,1-2,8,11-12H2,(H,18,19,20). The lowest BCUT2D eigenvalue weighted by Gasteiger charge is -2.09. The summed E-state index contributed by atoms with van der Waals surface area (Å²) < 4.78 is 0. The second-order valence-electron chi connectivity index (χ2n) is 4.55. The predicted molar refractivity (Wildman–Crippen MR) is 88.9 cm³/mol. The van der Waals surface area contributed by atoms with E-state index in [9.17, 15) is 4.79 Å². The molecule has 4 heteroatoms. The van der Waals surface area contributed by atoms with E-state index >= 15 is 0 Å². The number of aromatic nitrogens is 2. The molecule has 21 heavy (non-hydrogen) atoms. The molecule has 0 aliphatic carbocycles. The second kappa shape index (κ2) is 7.64. The van der Waals surface area contributed by atoms with E-state index in [4.69, 9.17) is 0 Å². The minimum absolute atomic E-state index is 0.0811. The van der Waals surface area contributed by atoms with Crippen LogP contribution in [0.15, 0.2) is 65.6 Å². The summed E-state index contributed by atoms with van der Waals surface area (Å²) in [5.41, 5.74) is 2.57. The third-order valence-corrected chi connectivity index (χ3v) is 3.85. The lowest BCUT2D eigenvalue weighted by molar-refractivity contribution is 0.847. The van der Waals surface area contributed by atoms with Crippen molar-refractivity contribution in [3.8, 4) is 0 Å². The van der Waals surface area contributed by atoms with E-state index in [1.54, 1.807) is 12.2 Å². The minimum atomic E-state index is -0.0811. The Morgan fingerprint density at radius 1 is 1.19 bits per heavy atom. The molecule has 1 aromatic heterocycles. The van der Waals surface area contributed by atoms with Crippen LogP contribution in [0.3, 0.4) is 0 Å². The maximum atomic E-state index is 12.2. The Labute approximate surface area is 128 Å². The Bertz CT molecular complexity index is 677. The molecular weight excluding hydrogens is 280 g/mol. The molecule has 3 nitrogen and oxygen atoms in total. The molecule has 0 atom stereocenters. The molecule has 0 radical (unpaired) electrons. The normalized spacial score (nSPS) is 10.3. The molecule has 0 bridgehead atoms. The molecule has 2 rings (SSSR count). The van der Waals surface area contributed by atoms with Gasteiger partial charge in [-0.05, 0) is 12.0 Å². The van der Waals surface area contributed by atoms with E-state index in [0.717, 1.165) is 11.3 Å². The molecule has 0 saturated heterocycles. The first kappa shape index (κ1) is 15.3. The lowest BCUT2D eigenvalue weighted by Crippen LogP contribution is -2.18. The number of allylic oxidation sites excluding steroid dienone is 1. The summed E-state index contributed by atoms with van der Waals surface area (Å²) in [5, 5.41) is 0.638. The van der Waals surface area contributed by atoms with E-state index in [2.05, 4.69) is 23.1 Å². The lowest BCUT2D eigenvalue weighted by atomic mass is 10.0. The van der Waals surface area contributed by atoms with Crippen molar-refractivity contribution in [2.45, 2.75) is 18.0 Å². The first-order valence-electron chi connectivity index (χ1n) is 6.75. The minimum Gasteiger partial charge on any atom is -0.301 e. The van der Waals surface area contributed by atoms with Crippen molar-refractivity contribution in [3.05, 3.63) is 82.8 Å². The van der Waals surface area contributed by atoms with Crippen molar-refractivity contribution in [1.82, 2.24) is 9.97 Å². The zero-order valence-corrected chi connectivity index (χ0v) is 12.7. The number of hydrogen-bond donors (Lipinski definition) is 1. The smallest absolute Gasteiger partial charge is 0.255 e. The van der Waals surface area contributed by atoms with Gasteiger partial charge < -0.3 is 4.98 Å². The van der Waals surface area contributed by atoms with Crippen LogP contribution in [-0.4, -0.2) is 15.7 Å². The maximum Gasteiger partial charge on any atom is 0.255 e. The van der Waals surface area contributed by atoms with Gasteiger partial charge in [0.25, 0.3) is 5.56 Å². The van der Waals surface area contributed by atoms with Crippen molar-refractivity contribution in [2.75, 3.05) is 5.75 Å². The van der Waals surface area contributed by atoms with Crippen LogP contribution in [-0.2, 0) is 12.8 Å². The predicted octanol–water partition coefficient (Wildman–Crippen LogP) is 3.37. The number of H-pyrrole nitrogens is 1. The van der Waals surface area contributed by atoms with Crippen LogP contribution in [0.25, 0.3) is 0 Å². The maximum absolute atomic E-state index is 12.2. The molecule has 1 heterocycles. The van der Waals surface area contributed by atoms with E-state index in [1.807, 2.05) is 30.3 Å². The topological polar surface area (TPSA) is 45.8 Å². The molecule has 1 N–H and O–H groups in total. The number of aromatic amines is 1. The second-order valence-corrected chi connectivity index (χ2v) is 5.56. The van der Waals surface area contributed by atoms with Crippen molar-refractivity contribution in [1.29, 1.82) is 0 Å². The van der Waals surface area contributed by atoms with Crippen LogP contribution in [0.4, 0.5) is 0 Å². The highest BCUT2D eigenvalue weighted by Gasteiger charge is 2.11. The van der Waals surface area contributed by atoms with Crippen LogP contribution in [0.2, 0.25) is 0 Å². The van der Waals surface area contributed by atoms with Crippen LogP contribution in [0.1, 0.15) is 16.8 Å². The summed E-state index contributed by atoms with van der Waals surface area (Å²) in [4.78, 5) is 19.6. The number of hydrogen-bond acceptors (Lipinski definition) is 3. The Morgan fingerprint density at radius 2 is 1.95 bits per heavy atom. The fourth-order valence-electron chi connectivity index (χ4n) is 2.02. The Hall–Kier alpha value is -2.07. The SMILES string of the molecule is C=CCSc1nc(Cc2ccccc2)c(CC=C)c(=O)[nH]1. The van der Waals surface area contributed by atoms with E-state index < -0.39 is 0 Å². The number of thioether (sulfide) groups is 1. The van der Waals surface area contributed by atoms with Crippen LogP contribution in [0.5, 0.6) is 0 Å². The number of benzene rings is 1. The van der Waals surface area contributed by atoms with Crippen molar-refractivity contribution in [3.63, 3.8) is 0 Å². The van der Waals surface area contributed by atoms with Gasteiger partial charge in [0.1, 0.15) is 0 Å². The van der Waals surface area contributed by atoms with Crippen LogP contribution in [0, 0.1) is 0 Å². The molecule has 0 amide bonds. The summed E-state index contributed by atoms with van der Waals surface area (Å²) in [6, 6.07) is 10.0. The van der Waals surface area contributed by atoms with Gasteiger partial charge in [0, 0.05) is 17.7 Å². The van der Waals surface area contributed by atoms with Crippen molar-refractivity contribution < 1.29 is 0 Å². The molecule has 2 aromatic rings. The first-order valence-corrected chi connectivity index (χ1v) is 7.73. The molecule has 0 unspecified atom stereocenters. The van der Waals surface area contributed by atoms with Gasteiger partial charge in [-0.3, -0.25) is 4.79 Å². The molecular formula is C17H18N2OS. The zero-order valence-electron chi connectivity index (χ0n) is 11.8. The molecule has 0 fully saturated rings. The number of nitrogens with zero attached hydrogens (tertiary/aromatic N) is 1. The highest BCUT2D eigenvalue weighted by atomic mass is 32.2. The van der Waals surface area contributed by atoms with Crippen molar-refractivity contribution >= 4 is 11.8 Å². The largest absolute Gasteiger partial charge is 0.301 e. The van der Waals surface area contributed by atoms with Gasteiger partial charge in [-0.2, -0.15) is 0 Å². The Morgan fingerprint density at radius 3 is 2.62 bits per heavy atom. The third kappa shape index (κ3) is 4.20. The fourth-order valence-corrected chi connectivity index (χ4v) is 2.63. The molecule has 0 saturated carbocycles. The summed E-state index contributed by atoms with van der Waals surface area (Å²) in [6.07, 6.45) is 4.70. The average molecular weight is 298 g/mol. The van der Waals surface area contributed by atoms with Gasteiger partial charge in [-0.15, -0.1) is 13.2 Å². The summed E-state index contributed by atoms with van der Waals surface area (Å²) >= 11 is 1.48. The molecule has 0 aliphatic rings. The quantitative estimate of drug-likeness (QED) is 0.484. The van der Waals surface area contributed by atoms with Gasteiger partial charge >= 0.3 is 0 Å². The van der Waals surface area contributed by atoms with E-state index in [-0.39, 0.29) is 5.56 Å². The first-order chi connectivity index (χ1) is 10.2. The summed E-state index contributed by atoms with van der Waals surface area (Å²) in [5.74, 6) is 0.717. The monoisotopic (exact) mass is 298 g/mol. The average Bonchev–Trinajstić information content (AvgIpc) is 2.49. The molecule has 108 valence electrons. The van der Waals surface area contributed by atoms with Gasteiger partial charge in [-0.25, -0.2) is 4.98 Å². The van der Waals surface area contributed by atoms with Crippen LogP contribution < -0.4 is 5.56 Å². The molecule has 0 spiro atoms. The van der Waals surface area contributed by atoms with Gasteiger partial charge in [0.2, 0.25) is 0 Å².